The number of rotatable bonds is 5. The van der Waals surface area contributed by atoms with Gasteiger partial charge in [0.05, 0.1) is 24.2 Å². The molecule has 1 heterocycles. The number of nitrogens with one attached hydrogen (secondary N) is 1. The number of benzene rings is 2. The summed E-state index contributed by atoms with van der Waals surface area (Å²) in [5, 5.41) is 10.2. The summed E-state index contributed by atoms with van der Waals surface area (Å²) < 4.78 is 19.6. The van der Waals surface area contributed by atoms with Gasteiger partial charge in [0.2, 0.25) is 5.78 Å². The lowest BCUT2D eigenvalue weighted by atomic mass is 10.0. The summed E-state index contributed by atoms with van der Waals surface area (Å²) in [4.78, 5) is 13.9. The molecule has 4 nitrogen and oxygen atoms in total. The molecule has 25 heavy (non-hydrogen) atoms. The molecule has 0 aliphatic carbocycles. The molecule has 2 N–H and O–H groups in total. The van der Waals surface area contributed by atoms with E-state index in [2.05, 4.69) is 13.8 Å². The van der Waals surface area contributed by atoms with Gasteiger partial charge < -0.3 is 14.7 Å². The zero-order valence-electron chi connectivity index (χ0n) is 14.3. The molecule has 0 fully saturated rings. The van der Waals surface area contributed by atoms with E-state index in [1.165, 1.54) is 23.1 Å². The van der Waals surface area contributed by atoms with Gasteiger partial charge in [-0.3, -0.25) is 4.79 Å². The fraction of sp³-hybridized carbons (Fsp3) is 0.250. The quantitative estimate of drug-likeness (QED) is 0.821. The van der Waals surface area contributed by atoms with Crippen LogP contribution in [0.15, 0.2) is 42.2 Å². The Hall–Kier alpha value is -2.66. The molecular formula is C20H21FNO3+. The summed E-state index contributed by atoms with van der Waals surface area (Å²) in [6.07, 6.45) is 1.41. The van der Waals surface area contributed by atoms with Gasteiger partial charge in [0.1, 0.15) is 18.1 Å². The van der Waals surface area contributed by atoms with Crippen LogP contribution in [-0.4, -0.2) is 24.0 Å². The van der Waals surface area contributed by atoms with Gasteiger partial charge in [-0.15, -0.1) is 0 Å². The van der Waals surface area contributed by atoms with Gasteiger partial charge in [0.25, 0.3) is 0 Å². The molecule has 2 aromatic rings. The van der Waals surface area contributed by atoms with E-state index in [-0.39, 0.29) is 17.3 Å². The minimum absolute atomic E-state index is 0.0708. The predicted molar refractivity (Wildman–Crippen MR) is 93.2 cm³/mol. The maximum Gasteiger partial charge on any atom is 0.231 e. The number of quaternary nitrogens is 1. The number of halogens is 1. The van der Waals surface area contributed by atoms with Crippen LogP contribution in [0.5, 0.6) is 11.5 Å². The van der Waals surface area contributed by atoms with Crippen molar-refractivity contribution in [3.05, 3.63) is 64.7 Å². The fourth-order valence-electron chi connectivity index (χ4n) is 2.95. The summed E-state index contributed by atoms with van der Waals surface area (Å²) in [7, 11) is 0. The second kappa shape index (κ2) is 7.07. The molecule has 3 rings (SSSR count). The highest BCUT2D eigenvalue weighted by atomic mass is 19.1. The third-order valence-corrected chi connectivity index (χ3v) is 4.53. The number of hydrogen-bond donors (Lipinski definition) is 2. The van der Waals surface area contributed by atoms with Gasteiger partial charge in [0.15, 0.2) is 11.5 Å². The maximum absolute atomic E-state index is 13.9. The first kappa shape index (κ1) is 17.2. The molecule has 0 saturated heterocycles. The Balaban J connectivity index is 2.00. The number of ether oxygens (including phenoxy) is 1. The van der Waals surface area contributed by atoms with Crippen molar-refractivity contribution in [2.24, 2.45) is 0 Å². The minimum Gasteiger partial charge on any atom is -0.507 e. The molecule has 0 spiro atoms. The first-order chi connectivity index (χ1) is 12.0. The predicted octanol–water partition coefficient (Wildman–Crippen LogP) is 2.57. The first-order valence-electron chi connectivity index (χ1n) is 8.42. The summed E-state index contributed by atoms with van der Waals surface area (Å²) in [5.41, 5.74) is 1.31. The highest BCUT2D eigenvalue weighted by molar-refractivity contribution is 6.15. The Morgan fingerprint density at radius 2 is 1.88 bits per heavy atom. The Bertz CT molecular complexity index is 841. The third-order valence-electron chi connectivity index (χ3n) is 4.53. The lowest BCUT2D eigenvalue weighted by Crippen LogP contribution is -3.10. The van der Waals surface area contributed by atoms with Crippen molar-refractivity contribution in [3.8, 4) is 11.5 Å². The Morgan fingerprint density at radius 3 is 2.56 bits per heavy atom. The molecule has 0 atom stereocenters. The van der Waals surface area contributed by atoms with Crippen molar-refractivity contribution in [1.29, 1.82) is 0 Å². The smallest absolute Gasteiger partial charge is 0.231 e. The van der Waals surface area contributed by atoms with Crippen LogP contribution in [0.2, 0.25) is 0 Å². The molecule has 0 amide bonds. The minimum atomic E-state index is -0.419. The number of aromatic hydroxyl groups is 1. The Labute approximate surface area is 146 Å². The van der Waals surface area contributed by atoms with Gasteiger partial charge >= 0.3 is 0 Å². The van der Waals surface area contributed by atoms with Gasteiger partial charge in [-0.2, -0.15) is 0 Å². The van der Waals surface area contributed by atoms with E-state index in [1.54, 1.807) is 24.3 Å². The number of hydrogen-bond acceptors (Lipinski definition) is 3. The maximum atomic E-state index is 13.9. The van der Waals surface area contributed by atoms with Crippen molar-refractivity contribution in [2.45, 2.75) is 20.4 Å². The molecule has 0 aromatic heterocycles. The second-order valence-electron chi connectivity index (χ2n) is 6.04. The molecule has 1 aliphatic heterocycles. The summed E-state index contributed by atoms with van der Waals surface area (Å²) in [5.74, 6) is -0.154. The van der Waals surface area contributed by atoms with Crippen molar-refractivity contribution >= 4 is 11.9 Å². The lowest BCUT2D eigenvalue weighted by Gasteiger charge is -2.17. The van der Waals surface area contributed by atoms with Gasteiger partial charge in [-0.1, -0.05) is 18.2 Å². The number of Topliss-reactive ketones (excluding diaryl/α,β-unsaturated/α-hetero) is 1. The summed E-state index contributed by atoms with van der Waals surface area (Å²) in [6.45, 7) is 6.47. The zero-order chi connectivity index (χ0) is 18.0. The van der Waals surface area contributed by atoms with Crippen LogP contribution in [0.1, 0.15) is 35.3 Å². The molecule has 0 radical (unpaired) electrons. The van der Waals surface area contributed by atoms with Gasteiger partial charge in [-0.05, 0) is 38.1 Å². The zero-order valence-corrected chi connectivity index (χ0v) is 14.3. The van der Waals surface area contributed by atoms with Crippen LogP contribution in [0.25, 0.3) is 6.08 Å². The van der Waals surface area contributed by atoms with Crippen LogP contribution in [-0.2, 0) is 6.54 Å². The molecular weight excluding hydrogens is 321 g/mol. The number of phenolic OH excluding ortho intramolecular Hbond substituents is 1. The van der Waals surface area contributed by atoms with Crippen molar-refractivity contribution < 1.29 is 23.9 Å². The van der Waals surface area contributed by atoms with Crippen molar-refractivity contribution in [2.75, 3.05) is 13.1 Å². The molecule has 0 saturated carbocycles. The van der Waals surface area contributed by atoms with Crippen LogP contribution >= 0.6 is 0 Å². The van der Waals surface area contributed by atoms with Crippen LogP contribution < -0.4 is 9.64 Å². The number of carbonyl (C=O) groups excluding carboxylic acids is 1. The first-order valence-corrected chi connectivity index (χ1v) is 8.42. The van der Waals surface area contributed by atoms with E-state index in [4.69, 9.17) is 4.74 Å². The average Bonchev–Trinajstić information content (AvgIpc) is 2.92. The lowest BCUT2D eigenvalue weighted by molar-refractivity contribution is -0.910. The fourth-order valence-corrected chi connectivity index (χ4v) is 2.95. The topological polar surface area (TPSA) is 51.0 Å². The largest absolute Gasteiger partial charge is 0.507 e. The van der Waals surface area contributed by atoms with E-state index in [0.717, 1.165) is 13.1 Å². The van der Waals surface area contributed by atoms with Crippen LogP contribution in [0, 0.1) is 5.82 Å². The van der Waals surface area contributed by atoms with E-state index >= 15 is 0 Å². The highest BCUT2D eigenvalue weighted by Crippen LogP contribution is 2.39. The van der Waals surface area contributed by atoms with E-state index < -0.39 is 5.82 Å². The third kappa shape index (κ3) is 3.28. The average molecular weight is 342 g/mol. The van der Waals surface area contributed by atoms with Crippen molar-refractivity contribution in [3.63, 3.8) is 0 Å². The van der Waals surface area contributed by atoms with E-state index in [0.29, 0.717) is 29.0 Å². The molecule has 5 heteroatoms. The summed E-state index contributed by atoms with van der Waals surface area (Å²) in [6, 6.07) is 9.27. The highest BCUT2D eigenvalue weighted by Gasteiger charge is 2.32. The number of fused-ring (bicyclic) bond motifs is 1. The van der Waals surface area contributed by atoms with Crippen LogP contribution in [0.3, 0.4) is 0 Å². The Kier molecular flexibility index (Phi) is 4.86. The summed E-state index contributed by atoms with van der Waals surface area (Å²) >= 11 is 0. The second-order valence-corrected chi connectivity index (χ2v) is 6.04. The standard InChI is InChI=1S/C20H20FNO3/c1-3-22(4-2)12-15-17(23)10-9-14-19(24)18(25-20(14)15)11-13-7-5-6-8-16(13)21/h5-11,23H,3-4,12H2,1-2H3/p+1. The Morgan fingerprint density at radius 1 is 1.16 bits per heavy atom. The monoisotopic (exact) mass is 342 g/mol. The number of allylic oxidation sites excluding steroid dienone is 1. The molecule has 130 valence electrons. The molecule has 2 aromatic carbocycles. The molecule has 1 aliphatic rings. The SMILES string of the molecule is CC[NH+](CC)Cc1c(O)ccc2c1OC(=Cc1ccccc1F)C2=O. The molecule has 0 bridgehead atoms. The van der Waals surface area contributed by atoms with E-state index in [1.807, 2.05) is 0 Å². The van der Waals surface area contributed by atoms with Gasteiger partial charge in [-0.25, -0.2) is 4.39 Å². The number of phenols is 1. The number of carbonyl (C=O) groups is 1. The number of ketones is 1. The van der Waals surface area contributed by atoms with Gasteiger partial charge in [0, 0.05) is 5.56 Å². The molecule has 0 unspecified atom stereocenters. The normalized spacial score (nSPS) is 14.9. The van der Waals surface area contributed by atoms with Crippen molar-refractivity contribution in [1.82, 2.24) is 0 Å². The van der Waals surface area contributed by atoms with Crippen LogP contribution in [0.4, 0.5) is 4.39 Å². The van der Waals surface area contributed by atoms with E-state index in [9.17, 15) is 14.3 Å².